The molecule has 0 fully saturated rings. The molecule has 4 aromatic rings. The molecular formula is C20H19N5O. The van der Waals surface area contributed by atoms with E-state index in [1.165, 1.54) is 14.6 Å². The number of anilines is 2. The van der Waals surface area contributed by atoms with Gasteiger partial charge in [-0.15, -0.1) is 5.10 Å². The predicted molar refractivity (Wildman–Crippen MR) is 102 cm³/mol. The molecule has 0 saturated heterocycles. The highest BCUT2D eigenvalue weighted by Crippen LogP contribution is 2.15. The number of fused-ring (bicyclic) bond motifs is 1. The minimum absolute atomic E-state index is 0.183. The molecule has 4 rings (SSSR count). The van der Waals surface area contributed by atoms with Crippen molar-refractivity contribution in [2.24, 2.45) is 0 Å². The molecule has 6 heteroatoms. The van der Waals surface area contributed by atoms with Gasteiger partial charge in [0.05, 0.1) is 6.54 Å². The van der Waals surface area contributed by atoms with Crippen molar-refractivity contribution in [2.45, 2.75) is 20.4 Å². The van der Waals surface area contributed by atoms with E-state index in [4.69, 9.17) is 0 Å². The SMILES string of the molecule is Cc1ccc(Cn2nc3nc(Nc4ccccc4)cc(C)n3c2=O)cc1. The van der Waals surface area contributed by atoms with Crippen LogP contribution in [0.25, 0.3) is 5.78 Å². The Morgan fingerprint density at radius 3 is 2.46 bits per heavy atom. The third-order valence-corrected chi connectivity index (χ3v) is 4.24. The zero-order chi connectivity index (χ0) is 18.1. The summed E-state index contributed by atoms with van der Waals surface area (Å²) in [6.07, 6.45) is 0. The maximum atomic E-state index is 12.7. The molecule has 1 N–H and O–H groups in total. The van der Waals surface area contributed by atoms with Crippen LogP contribution >= 0.6 is 0 Å². The van der Waals surface area contributed by atoms with Crippen molar-refractivity contribution in [1.82, 2.24) is 19.2 Å². The van der Waals surface area contributed by atoms with Crippen LogP contribution in [0.15, 0.2) is 65.5 Å². The van der Waals surface area contributed by atoms with E-state index in [0.29, 0.717) is 18.1 Å². The Labute approximate surface area is 150 Å². The normalized spacial score (nSPS) is 11.0. The van der Waals surface area contributed by atoms with Crippen LogP contribution in [0.4, 0.5) is 11.5 Å². The lowest BCUT2D eigenvalue weighted by atomic mass is 10.1. The minimum atomic E-state index is -0.183. The summed E-state index contributed by atoms with van der Waals surface area (Å²) in [4.78, 5) is 17.2. The smallest absolute Gasteiger partial charge is 0.340 e. The Morgan fingerprint density at radius 2 is 1.73 bits per heavy atom. The summed E-state index contributed by atoms with van der Waals surface area (Å²) in [7, 11) is 0. The second-order valence-corrected chi connectivity index (χ2v) is 6.34. The van der Waals surface area contributed by atoms with Gasteiger partial charge in [0.2, 0.25) is 0 Å². The Balaban J connectivity index is 1.70. The standard InChI is InChI=1S/C20H19N5O/c1-14-8-10-16(11-9-14)13-24-20(26)25-15(2)12-18(22-19(25)23-24)21-17-6-4-3-5-7-17/h3-12H,13H2,1-2H3,(H,21,22,23). The Kier molecular flexibility index (Phi) is 4.01. The van der Waals surface area contributed by atoms with Crippen LogP contribution in [0.5, 0.6) is 0 Å². The van der Waals surface area contributed by atoms with Crippen LogP contribution < -0.4 is 11.0 Å². The van der Waals surface area contributed by atoms with Gasteiger partial charge in [-0.1, -0.05) is 48.0 Å². The lowest BCUT2D eigenvalue weighted by Crippen LogP contribution is -2.22. The number of benzene rings is 2. The summed E-state index contributed by atoms with van der Waals surface area (Å²) in [5.74, 6) is 1.05. The highest BCUT2D eigenvalue weighted by Gasteiger charge is 2.12. The zero-order valence-corrected chi connectivity index (χ0v) is 14.7. The van der Waals surface area contributed by atoms with Crippen molar-refractivity contribution in [3.63, 3.8) is 0 Å². The predicted octanol–water partition coefficient (Wildman–Crippen LogP) is 3.30. The van der Waals surface area contributed by atoms with Gasteiger partial charge in [-0.2, -0.15) is 4.98 Å². The molecule has 0 spiro atoms. The van der Waals surface area contributed by atoms with E-state index in [9.17, 15) is 4.79 Å². The third-order valence-electron chi connectivity index (χ3n) is 4.24. The summed E-state index contributed by atoms with van der Waals surface area (Å²) in [5, 5.41) is 7.65. The van der Waals surface area contributed by atoms with Crippen LogP contribution in [0, 0.1) is 13.8 Å². The Hall–Kier alpha value is -3.41. The van der Waals surface area contributed by atoms with Gasteiger partial charge in [0, 0.05) is 17.4 Å². The molecule has 0 saturated carbocycles. The first kappa shape index (κ1) is 16.1. The maximum absolute atomic E-state index is 12.7. The summed E-state index contributed by atoms with van der Waals surface area (Å²) in [5.41, 5.74) is 3.75. The minimum Gasteiger partial charge on any atom is -0.340 e. The fourth-order valence-corrected chi connectivity index (χ4v) is 2.88. The fraction of sp³-hybridized carbons (Fsp3) is 0.150. The molecule has 2 aromatic carbocycles. The monoisotopic (exact) mass is 345 g/mol. The van der Waals surface area contributed by atoms with E-state index in [1.807, 2.05) is 74.5 Å². The van der Waals surface area contributed by atoms with Crippen molar-refractivity contribution in [1.29, 1.82) is 0 Å². The van der Waals surface area contributed by atoms with Crippen molar-refractivity contribution in [2.75, 3.05) is 5.32 Å². The van der Waals surface area contributed by atoms with Crippen LogP contribution in [0.2, 0.25) is 0 Å². The van der Waals surface area contributed by atoms with Crippen molar-refractivity contribution in [3.8, 4) is 0 Å². The second-order valence-electron chi connectivity index (χ2n) is 6.34. The van der Waals surface area contributed by atoms with E-state index >= 15 is 0 Å². The van der Waals surface area contributed by atoms with Gasteiger partial charge in [-0.25, -0.2) is 13.9 Å². The van der Waals surface area contributed by atoms with Crippen molar-refractivity contribution >= 4 is 17.3 Å². The number of rotatable bonds is 4. The number of hydrogen-bond donors (Lipinski definition) is 1. The Morgan fingerprint density at radius 1 is 1.00 bits per heavy atom. The number of hydrogen-bond acceptors (Lipinski definition) is 4. The van der Waals surface area contributed by atoms with E-state index in [-0.39, 0.29) is 5.69 Å². The molecule has 0 radical (unpaired) electrons. The van der Waals surface area contributed by atoms with E-state index in [0.717, 1.165) is 16.9 Å². The van der Waals surface area contributed by atoms with Crippen molar-refractivity contribution < 1.29 is 0 Å². The summed E-state index contributed by atoms with van der Waals surface area (Å²) in [6, 6.07) is 19.7. The largest absolute Gasteiger partial charge is 0.352 e. The third kappa shape index (κ3) is 3.09. The van der Waals surface area contributed by atoms with Gasteiger partial charge >= 0.3 is 5.69 Å². The maximum Gasteiger partial charge on any atom is 0.352 e. The number of aromatic nitrogens is 4. The van der Waals surface area contributed by atoms with Crippen LogP contribution in [-0.2, 0) is 6.54 Å². The molecule has 26 heavy (non-hydrogen) atoms. The quantitative estimate of drug-likeness (QED) is 0.616. The van der Waals surface area contributed by atoms with Crippen LogP contribution in [0.3, 0.4) is 0 Å². The molecule has 0 atom stereocenters. The molecule has 0 aliphatic carbocycles. The molecule has 0 bridgehead atoms. The highest BCUT2D eigenvalue weighted by atomic mass is 16.2. The highest BCUT2D eigenvalue weighted by molar-refractivity contribution is 5.57. The van der Waals surface area contributed by atoms with Gasteiger partial charge in [-0.05, 0) is 31.5 Å². The summed E-state index contributed by atoms with van der Waals surface area (Å²) >= 11 is 0. The van der Waals surface area contributed by atoms with E-state index < -0.39 is 0 Å². The average Bonchev–Trinajstić information content (AvgIpc) is 2.94. The van der Waals surface area contributed by atoms with Gasteiger partial charge < -0.3 is 5.32 Å². The number of aryl methyl sites for hydroxylation is 2. The van der Waals surface area contributed by atoms with Gasteiger partial charge in [-0.3, -0.25) is 0 Å². The summed E-state index contributed by atoms with van der Waals surface area (Å²) < 4.78 is 2.98. The first-order valence-electron chi connectivity index (χ1n) is 8.45. The molecule has 0 aliphatic heterocycles. The van der Waals surface area contributed by atoms with Gasteiger partial charge in [0.1, 0.15) is 5.82 Å². The topological polar surface area (TPSA) is 64.2 Å². The lowest BCUT2D eigenvalue weighted by molar-refractivity contribution is 0.657. The molecule has 0 unspecified atom stereocenters. The van der Waals surface area contributed by atoms with Gasteiger partial charge in [0.15, 0.2) is 0 Å². The van der Waals surface area contributed by atoms with Crippen LogP contribution in [-0.4, -0.2) is 19.2 Å². The fourth-order valence-electron chi connectivity index (χ4n) is 2.88. The first-order valence-corrected chi connectivity index (χ1v) is 8.45. The van der Waals surface area contributed by atoms with Gasteiger partial charge in [0.25, 0.3) is 5.78 Å². The zero-order valence-electron chi connectivity index (χ0n) is 14.7. The average molecular weight is 345 g/mol. The number of nitrogens with zero attached hydrogens (tertiary/aromatic N) is 4. The molecule has 6 nitrogen and oxygen atoms in total. The lowest BCUT2D eigenvalue weighted by Gasteiger charge is -2.06. The molecule has 2 aromatic heterocycles. The first-order chi connectivity index (χ1) is 12.6. The van der Waals surface area contributed by atoms with E-state index in [2.05, 4.69) is 15.4 Å². The molecular weight excluding hydrogens is 326 g/mol. The number of para-hydroxylation sites is 1. The van der Waals surface area contributed by atoms with E-state index in [1.54, 1.807) is 0 Å². The molecule has 0 amide bonds. The summed E-state index contributed by atoms with van der Waals surface area (Å²) in [6.45, 7) is 4.34. The van der Waals surface area contributed by atoms with Crippen LogP contribution in [0.1, 0.15) is 16.8 Å². The second kappa shape index (κ2) is 6.48. The number of nitrogens with one attached hydrogen (secondary N) is 1. The van der Waals surface area contributed by atoms with Crippen molar-refractivity contribution in [3.05, 3.63) is 88.0 Å². The Bertz CT molecular complexity index is 1110. The molecule has 2 heterocycles. The molecule has 0 aliphatic rings. The molecule has 130 valence electrons.